The van der Waals surface area contributed by atoms with Crippen LogP contribution in [0.4, 0.5) is 9.59 Å². The van der Waals surface area contributed by atoms with Crippen LogP contribution in [0.5, 0.6) is 5.75 Å². The quantitative estimate of drug-likeness (QED) is 0.0990. The van der Waals surface area contributed by atoms with Crippen LogP contribution in [0.2, 0.25) is 0 Å². The van der Waals surface area contributed by atoms with Crippen molar-refractivity contribution in [1.82, 2.24) is 16.0 Å². The number of ether oxygens (including phenoxy) is 2. The van der Waals surface area contributed by atoms with Crippen molar-refractivity contribution in [3.05, 3.63) is 35.4 Å². The number of rotatable bonds is 8. The fraction of sp³-hybridized carbons (Fsp3) is 0.462. The van der Waals surface area contributed by atoms with E-state index in [9.17, 15) is 29.5 Å². The molecule has 0 aliphatic heterocycles. The largest absolute Gasteiger partial charge is 0.508 e. The Balaban J connectivity index is 2.80. The lowest BCUT2D eigenvalue weighted by molar-refractivity contribution is -0.120. The Kier molecular flexibility index (Phi) is 12.0. The van der Waals surface area contributed by atoms with Gasteiger partial charge in [-0.2, -0.15) is 5.26 Å². The molecule has 0 bridgehead atoms. The third kappa shape index (κ3) is 13.6. The first-order valence-electron chi connectivity index (χ1n) is 11.8. The minimum atomic E-state index is -0.907. The third-order valence-corrected chi connectivity index (χ3v) is 4.23. The van der Waals surface area contributed by atoms with Crippen molar-refractivity contribution in [1.29, 1.82) is 5.26 Å². The summed E-state index contributed by atoms with van der Waals surface area (Å²) in [5.74, 6) is -0.900. The number of carbonyl (C=O) groups excluding carboxylic acids is 4. The maximum Gasteiger partial charge on any atom is 0.414 e. The Morgan fingerprint density at radius 3 is 2.00 bits per heavy atom. The normalized spacial score (nSPS) is 12.3. The van der Waals surface area contributed by atoms with E-state index in [1.807, 2.05) is 0 Å². The van der Waals surface area contributed by atoms with E-state index in [1.54, 1.807) is 47.6 Å². The number of phenols is 1. The summed E-state index contributed by atoms with van der Waals surface area (Å²) in [4.78, 5) is 52.4. The van der Waals surface area contributed by atoms with Gasteiger partial charge >= 0.3 is 12.2 Å². The number of phenolic OH excluding ortho intramolecular Hbond substituents is 1. The summed E-state index contributed by atoms with van der Waals surface area (Å²) in [6.07, 6.45) is 0.643. The number of nitrogens with one attached hydrogen (secondary N) is 3. The molecule has 1 rings (SSSR count). The number of nitrogens with zero attached hydrogens (tertiary/aromatic N) is 2. The minimum Gasteiger partial charge on any atom is -0.508 e. The number of aromatic hydroxyl groups is 1. The summed E-state index contributed by atoms with van der Waals surface area (Å²) in [6.45, 7) is 10.1. The first-order chi connectivity index (χ1) is 17.6. The van der Waals surface area contributed by atoms with Crippen LogP contribution in [0.15, 0.2) is 34.8 Å². The average Bonchev–Trinajstić information content (AvgIpc) is 2.77. The summed E-state index contributed by atoms with van der Waals surface area (Å²) in [6, 6.07) is 6.77. The number of alkyl carbamates (subject to hydrolysis) is 2. The Morgan fingerprint density at radius 2 is 1.55 bits per heavy atom. The lowest BCUT2D eigenvalue weighted by Crippen LogP contribution is -2.47. The standard InChI is InChI=1S/C26H35N5O7/c1-25(2,3)37-23(35)30-22(31-24(36)38-26(4,5)6)28-13-7-8-19(16-32)29-21(34)18(15-27)14-17-9-11-20(33)12-10-17/h9-12,14,16,19,33H,7-8,13H2,1-6H3,(H,29,34)(H2,28,30,31,35,36)/b18-14+. The third-order valence-electron chi connectivity index (χ3n) is 4.23. The van der Waals surface area contributed by atoms with Crippen LogP contribution < -0.4 is 16.0 Å². The maximum absolute atomic E-state index is 12.5. The van der Waals surface area contributed by atoms with Crippen LogP contribution in [-0.4, -0.2) is 59.2 Å². The second kappa shape index (κ2) is 14.4. The molecule has 4 N–H and O–H groups in total. The fourth-order valence-corrected chi connectivity index (χ4v) is 2.72. The van der Waals surface area contributed by atoms with Gasteiger partial charge in [0.25, 0.3) is 5.91 Å². The highest BCUT2D eigenvalue weighted by atomic mass is 16.6. The number of hydrogen-bond donors (Lipinski definition) is 4. The zero-order valence-electron chi connectivity index (χ0n) is 22.5. The zero-order valence-corrected chi connectivity index (χ0v) is 22.5. The molecule has 1 unspecified atom stereocenters. The molecule has 0 fully saturated rings. The number of nitriles is 1. The monoisotopic (exact) mass is 529 g/mol. The van der Waals surface area contributed by atoms with E-state index >= 15 is 0 Å². The predicted octanol–water partition coefficient (Wildman–Crippen LogP) is 3.17. The molecule has 1 atom stereocenters. The van der Waals surface area contributed by atoms with Gasteiger partial charge in [0.1, 0.15) is 34.9 Å². The SMILES string of the molecule is CC(C)(C)OC(=O)NC(=NCCCC(C=O)NC(=O)/C(C#N)=C/c1ccc(O)cc1)NC(=O)OC(C)(C)C. The van der Waals surface area contributed by atoms with Crippen LogP contribution >= 0.6 is 0 Å². The lowest BCUT2D eigenvalue weighted by Gasteiger charge is -2.22. The summed E-state index contributed by atoms with van der Waals surface area (Å²) in [7, 11) is 0. The van der Waals surface area contributed by atoms with Gasteiger partial charge in [0.2, 0.25) is 5.96 Å². The molecule has 0 aliphatic rings. The van der Waals surface area contributed by atoms with Crippen LogP contribution in [0.25, 0.3) is 6.08 Å². The smallest absolute Gasteiger partial charge is 0.414 e. The second-order valence-electron chi connectivity index (χ2n) is 10.1. The van der Waals surface area contributed by atoms with Crippen molar-refractivity contribution in [2.24, 2.45) is 4.99 Å². The maximum atomic E-state index is 12.5. The van der Waals surface area contributed by atoms with Gasteiger partial charge < -0.3 is 24.7 Å². The van der Waals surface area contributed by atoms with Crippen LogP contribution in [0, 0.1) is 11.3 Å². The Morgan fingerprint density at radius 1 is 1.03 bits per heavy atom. The molecule has 0 aliphatic carbocycles. The number of amides is 3. The van der Waals surface area contributed by atoms with E-state index in [0.717, 1.165) is 0 Å². The van der Waals surface area contributed by atoms with Crippen molar-refractivity contribution in [3.63, 3.8) is 0 Å². The highest BCUT2D eigenvalue weighted by Gasteiger charge is 2.21. The van der Waals surface area contributed by atoms with Crippen LogP contribution in [-0.2, 0) is 19.1 Å². The lowest BCUT2D eigenvalue weighted by atomic mass is 10.1. The van der Waals surface area contributed by atoms with E-state index in [0.29, 0.717) is 11.8 Å². The molecule has 0 radical (unpaired) electrons. The molecule has 0 spiro atoms. The molecule has 0 heterocycles. The number of benzene rings is 1. The molecule has 0 aromatic heterocycles. The van der Waals surface area contributed by atoms with Gasteiger partial charge in [0.05, 0.1) is 6.04 Å². The van der Waals surface area contributed by atoms with E-state index in [-0.39, 0.29) is 36.7 Å². The van der Waals surface area contributed by atoms with E-state index in [2.05, 4.69) is 20.9 Å². The first kappa shape index (κ1) is 31.6. The Bertz CT molecular complexity index is 1060. The van der Waals surface area contributed by atoms with Crippen LogP contribution in [0.3, 0.4) is 0 Å². The van der Waals surface area contributed by atoms with Crippen molar-refractivity contribution >= 4 is 36.4 Å². The molecule has 0 saturated carbocycles. The minimum absolute atomic E-state index is 0.0412. The molecule has 0 saturated heterocycles. The average molecular weight is 530 g/mol. The van der Waals surface area contributed by atoms with E-state index < -0.39 is 35.3 Å². The molecule has 12 heteroatoms. The predicted molar refractivity (Wildman–Crippen MR) is 140 cm³/mol. The molecule has 3 amide bonds. The second-order valence-corrected chi connectivity index (χ2v) is 10.1. The number of guanidine groups is 1. The fourth-order valence-electron chi connectivity index (χ4n) is 2.72. The van der Waals surface area contributed by atoms with Gasteiger partial charge in [-0.15, -0.1) is 0 Å². The van der Waals surface area contributed by atoms with Gasteiger partial charge in [-0.1, -0.05) is 12.1 Å². The van der Waals surface area contributed by atoms with Gasteiger partial charge in [-0.05, 0) is 78.2 Å². The summed E-state index contributed by atoms with van der Waals surface area (Å²) >= 11 is 0. The van der Waals surface area contributed by atoms with Crippen LogP contribution in [0.1, 0.15) is 59.9 Å². The van der Waals surface area contributed by atoms with Crippen molar-refractivity contribution < 1.29 is 33.8 Å². The summed E-state index contributed by atoms with van der Waals surface area (Å²) in [5, 5.41) is 25.9. The number of carbonyl (C=O) groups is 4. The van der Waals surface area contributed by atoms with Gasteiger partial charge in [-0.25, -0.2) is 9.59 Å². The zero-order chi connectivity index (χ0) is 28.9. The number of aldehydes is 1. The first-order valence-corrected chi connectivity index (χ1v) is 11.8. The van der Waals surface area contributed by atoms with Crippen molar-refractivity contribution in [2.75, 3.05) is 6.54 Å². The van der Waals surface area contributed by atoms with Crippen molar-refractivity contribution in [2.45, 2.75) is 71.6 Å². The number of aliphatic imine (C=N–C) groups is 1. The Hall–Kier alpha value is -4.40. The highest BCUT2D eigenvalue weighted by molar-refractivity contribution is 6.03. The summed E-state index contributed by atoms with van der Waals surface area (Å²) in [5.41, 5.74) is -1.26. The van der Waals surface area contributed by atoms with Gasteiger partial charge in [0, 0.05) is 6.54 Å². The summed E-state index contributed by atoms with van der Waals surface area (Å²) < 4.78 is 10.4. The topological polar surface area (TPSA) is 179 Å². The van der Waals surface area contributed by atoms with E-state index in [1.165, 1.54) is 30.3 Å². The molecule has 206 valence electrons. The van der Waals surface area contributed by atoms with Crippen molar-refractivity contribution in [3.8, 4) is 11.8 Å². The molecule has 1 aromatic rings. The number of hydrogen-bond acceptors (Lipinski definition) is 9. The van der Waals surface area contributed by atoms with Gasteiger partial charge in [-0.3, -0.25) is 20.4 Å². The molecule has 1 aromatic carbocycles. The Labute approximate surface area is 222 Å². The van der Waals surface area contributed by atoms with E-state index in [4.69, 9.17) is 9.47 Å². The van der Waals surface area contributed by atoms with Gasteiger partial charge in [0.15, 0.2) is 0 Å². The molecular formula is C26H35N5O7. The molecule has 12 nitrogen and oxygen atoms in total. The molecular weight excluding hydrogens is 494 g/mol. The highest BCUT2D eigenvalue weighted by Crippen LogP contribution is 2.13. The molecule has 38 heavy (non-hydrogen) atoms.